The van der Waals surface area contributed by atoms with Gasteiger partial charge in [0, 0.05) is 18.7 Å². The summed E-state index contributed by atoms with van der Waals surface area (Å²) in [5.41, 5.74) is 6.84. The first-order valence-corrected chi connectivity index (χ1v) is 6.82. The average Bonchev–Trinajstić information content (AvgIpc) is 2.87. The van der Waals surface area contributed by atoms with Crippen molar-refractivity contribution in [2.24, 2.45) is 5.73 Å². The molecule has 1 aromatic carbocycles. The van der Waals surface area contributed by atoms with Crippen molar-refractivity contribution in [1.82, 2.24) is 4.90 Å². The zero-order valence-corrected chi connectivity index (χ0v) is 11.8. The number of likely N-dealkylation sites (tertiary alicyclic amines) is 1. The average molecular weight is 283 g/mol. The molecule has 0 saturated carbocycles. The minimum Gasteiger partial charge on any atom is -0.383 e. The van der Waals surface area contributed by atoms with E-state index in [2.05, 4.69) is 0 Å². The molecule has 0 bridgehead atoms. The molecular formula is C14H19ClN2O2. The Balaban J connectivity index is 2.17. The molecule has 1 saturated heterocycles. The summed E-state index contributed by atoms with van der Waals surface area (Å²) in [6, 6.07) is 7.09. The van der Waals surface area contributed by atoms with Gasteiger partial charge in [-0.3, -0.25) is 4.79 Å². The predicted octanol–water partition coefficient (Wildman–Crippen LogP) is 1.98. The van der Waals surface area contributed by atoms with E-state index in [-0.39, 0.29) is 18.6 Å². The number of ether oxygens (including phenoxy) is 1. The molecule has 1 aromatic rings. The number of hydrogen-bond acceptors (Lipinski definition) is 3. The van der Waals surface area contributed by atoms with Gasteiger partial charge in [-0.25, -0.2) is 0 Å². The Bertz CT molecular complexity index is 453. The Kier molecular flexibility index (Phi) is 4.80. The first-order valence-electron chi connectivity index (χ1n) is 6.44. The monoisotopic (exact) mass is 282 g/mol. The summed E-state index contributed by atoms with van der Waals surface area (Å²) >= 11 is 6.22. The van der Waals surface area contributed by atoms with Gasteiger partial charge >= 0.3 is 0 Å². The molecule has 1 aliphatic heterocycles. The molecule has 0 radical (unpaired) electrons. The largest absolute Gasteiger partial charge is 0.383 e. The van der Waals surface area contributed by atoms with Crippen molar-refractivity contribution in [3.63, 3.8) is 0 Å². The van der Waals surface area contributed by atoms with Gasteiger partial charge in [0.1, 0.15) is 6.04 Å². The minimum atomic E-state index is -0.604. The highest BCUT2D eigenvalue weighted by atomic mass is 35.5. The van der Waals surface area contributed by atoms with Gasteiger partial charge in [0.15, 0.2) is 0 Å². The highest BCUT2D eigenvalue weighted by Crippen LogP contribution is 2.35. The Morgan fingerprint density at radius 2 is 2.32 bits per heavy atom. The first kappa shape index (κ1) is 14.3. The summed E-state index contributed by atoms with van der Waals surface area (Å²) in [7, 11) is 1.54. The second-order valence-corrected chi connectivity index (χ2v) is 5.18. The van der Waals surface area contributed by atoms with E-state index in [0.29, 0.717) is 5.02 Å². The van der Waals surface area contributed by atoms with E-state index in [0.717, 1.165) is 24.9 Å². The lowest BCUT2D eigenvalue weighted by Crippen LogP contribution is -2.45. The third kappa shape index (κ3) is 3.08. The fourth-order valence-electron chi connectivity index (χ4n) is 2.56. The lowest BCUT2D eigenvalue weighted by Gasteiger charge is -2.28. The van der Waals surface area contributed by atoms with Crippen LogP contribution in [-0.2, 0) is 9.53 Å². The van der Waals surface area contributed by atoms with E-state index in [1.54, 1.807) is 7.11 Å². The number of carbonyl (C=O) groups is 1. The van der Waals surface area contributed by atoms with E-state index in [1.807, 2.05) is 29.2 Å². The van der Waals surface area contributed by atoms with Crippen molar-refractivity contribution in [2.75, 3.05) is 20.3 Å². The van der Waals surface area contributed by atoms with Crippen LogP contribution in [0.4, 0.5) is 0 Å². The molecule has 2 atom stereocenters. The molecule has 0 spiro atoms. The summed E-state index contributed by atoms with van der Waals surface area (Å²) < 4.78 is 4.95. The Morgan fingerprint density at radius 3 is 3.00 bits per heavy atom. The second-order valence-electron chi connectivity index (χ2n) is 4.77. The van der Waals surface area contributed by atoms with E-state index < -0.39 is 6.04 Å². The molecule has 5 heteroatoms. The van der Waals surface area contributed by atoms with Crippen LogP contribution in [0.2, 0.25) is 5.02 Å². The van der Waals surface area contributed by atoms with Gasteiger partial charge in [-0.05, 0) is 24.5 Å². The van der Waals surface area contributed by atoms with Crippen LogP contribution in [-0.4, -0.2) is 37.1 Å². The zero-order chi connectivity index (χ0) is 13.8. The number of carbonyl (C=O) groups excluding carboxylic acids is 1. The third-order valence-corrected chi connectivity index (χ3v) is 3.81. The standard InChI is InChI=1S/C14H19ClN2O2/c1-19-9-12(16)14(18)17-8-4-7-13(17)10-5-2-3-6-11(10)15/h2-3,5-6,12-13H,4,7-9,16H2,1H3. The maximum absolute atomic E-state index is 12.3. The number of nitrogens with zero attached hydrogens (tertiary/aromatic N) is 1. The SMILES string of the molecule is COCC(N)C(=O)N1CCCC1c1ccccc1Cl. The summed E-state index contributed by atoms with van der Waals surface area (Å²) in [5.74, 6) is -0.0655. The van der Waals surface area contributed by atoms with Crippen molar-refractivity contribution in [1.29, 1.82) is 0 Å². The van der Waals surface area contributed by atoms with Crippen LogP contribution in [0.3, 0.4) is 0 Å². The molecular weight excluding hydrogens is 264 g/mol. The maximum atomic E-state index is 12.3. The number of amides is 1. The van der Waals surface area contributed by atoms with Crippen molar-refractivity contribution >= 4 is 17.5 Å². The summed E-state index contributed by atoms with van der Waals surface area (Å²) in [6.45, 7) is 0.969. The molecule has 2 N–H and O–H groups in total. The Labute approximate surface area is 118 Å². The maximum Gasteiger partial charge on any atom is 0.242 e. The molecule has 2 rings (SSSR count). The fraction of sp³-hybridized carbons (Fsp3) is 0.500. The van der Waals surface area contributed by atoms with E-state index in [4.69, 9.17) is 22.1 Å². The van der Waals surface area contributed by atoms with Crippen molar-refractivity contribution in [2.45, 2.75) is 24.9 Å². The predicted molar refractivity (Wildman–Crippen MR) is 75.0 cm³/mol. The molecule has 19 heavy (non-hydrogen) atoms. The smallest absolute Gasteiger partial charge is 0.242 e. The quantitative estimate of drug-likeness (QED) is 0.919. The van der Waals surface area contributed by atoms with E-state index >= 15 is 0 Å². The number of nitrogens with two attached hydrogens (primary N) is 1. The highest BCUT2D eigenvalue weighted by Gasteiger charge is 2.33. The van der Waals surface area contributed by atoms with E-state index in [9.17, 15) is 4.79 Å². The van der Waals surface area contributed by atoms with Gasteiger partial charge in [0.05, 0.1) is 12.6 Å². The Morgan fingerprint density at radius 1 is 1.58 bits per heavy atom. The van der Waals surface area contributed by atoms with Crippen LogP contribution in [0.25, 0.3) is 0 Å². The molecule has 0 aliphatic carbocycles. The number of methoxy groups -OCH3 is 1. The topological polar surface area (TPSA) is 55.6 Å². The second kappa shape index (κ2) is 6.37. The first-order chi connectivity index (χ1) is 9.15. The molecule has 2 unspecified atom stereocenters. The lowest BCUT2D eigenvalue weighted by molar-refractivity contribution is -0.134. The molecule has 1 heterocycles. The molecule has 0 aromatic heterocycles. The van der Waals surface area contributed by atoms with Gasteiger partial charge < -0.3 is 15.4 Å². The molecule has 1 amide bonds. The molecule has 4 nitrogen and oxygen atoms in total. The molecule has 1 aliphatic rings. The van der Waals surface area contributed by atoms with Crippen molar-refractivity contribution in [3.05, 3.63) is 34.9 Å². The fourth-order valence-corrected chi connectivity index (χ4v) is 2.82. The van der Waals surface area contributed by atoms with Gasteiger partial charge in [-0.15, -0.1) is 0 Å². The number of halogens is 1. The van der Waals surface area contributed by atoms with Crippen molar-refractivity contribution in [3.8, 4) is 0 Å². The van der Waals surface area contributed by atoms with Crippen LogP contribution in [0, 0.1) is 0 Å². The van der Waals surface area contributed by atoms with E-state index in [1.165, 1.54) is 0 Å². The highest BCUT2D eigenvalue weighted by molar-refractivity contribution is 6.31. The zero-order valence-electron chi connectivity index (χ0n) is 11.0. The van der Waals surface area contributed by atoms with Crippen LogP contribution in [0.15, 0.2) is 24.3 Å². The normalized spacial score (nSPS) is 20.6. The molecule has 104 valence electrons. The van der Waals surface area contributed by atoms with Crippen molar-refractivity contribution < 1.29 is 9.53 Å². The van der Waals surface area contributed by atoms with Crippen LogP contribution in [0.5, 0.6) is 0 Å². The Hall–Kier alpha value is -1.10. The van der Waals surface area contributed by atoms with Gasteiger partial charge in [-0.1, -0.05) is 29.8 Å². The molecule has 1 fully saturated rings. The third-order valence-electron chi connectivity index (χ3n) is 3.46. The summed E-state index contributed by atoms with van der Waals surface area (Å²) in [5, 5.41) is 0.701. The summed E-state index contributed by atoms with van der Waals surface area (Å²) in [6.07, 6.45) is 1.90. The lowest BCUT2D eigenvalue weighted by atomic mass is 10.0. The van der Waals surface area contributed by atoms with Gasteiger partial charge in [0.25, 0.3) is 0 Å². The van der Waals surface area contributed by atoms with Gasteiger partial charge in [0.2, 0.25) is 5.91 Å². The van der Waals surface area contributed by atoms with Crippen LogP contribution in [0.1, 0.15) is 24.4 Å². The summed E-state index contributed by atoms with van der Waals surface area (Å²) in [4.78, 5) is 14.1. The minimum absolute atomic E-state index is 0.0316. The van der Waals surface area contributed by atoms with Gasteiger partial charge in [-0.2, -0.15) is 0 Å². The number of benzene rings is 1. The number of hydrogen-bond donors (Lipinski definition) is 1. The van der Waals surface area contributed by atoms with Crippen LogP contribution >= 0.6 is 11.6 Å². The van der Waals surface area contributed by atoms with Crippen LogP contribution < -0.4 is 5.73 Å². The number of rotatable bonds is 4.